The van der Waals surface area contributed by atoms with Gasteiger partial charge in [-0.25, -0.2) is 4.79 Å². The summed E-state index contributed by atoms with van der Waals surface area (Å²) in [6.07, 6.45) is 4.88. The summed E-state index contributed by atoms with van der Waals surface area (Å²) >= 11 is 0. The number of para-hydroxylation sites is 1. The number of piperidine rings is 1. The van der Waals surface area contributed by atoms with Crippen molar-refractivity contribution >= 4 is 17.3 Å². The molecule has 6 heteroatoms. The minimum Gasteiger partial charge on any atom is -0.478 e. The second-order valence-electron chi connectivity index (χ2n) is 5.37. The molecule has 1 fully saturated rings. The van der Waals surface area contributed by atoms with Gasteiger partial charge in [0.1, 0.15) is 5.69 Å². The van der Waals surface area contributed by atoms with Gasteiger partial charge in [0.05, 0.1) is 10.5 Å². The zero-order chi connectivity index (χ0) is 15.4. The van der Waals surface area contributed by atoms with Crippen molar-refractivity contribution in [1.82, 2.24) is 0 Å². The van der Waals surface area contributed by atoms with Crippen molar-refractivity contribution in [3.63, 3.8) is 0 Å². The number of aromatic carboxylic acids is 1. The van der Waals surface area contributed by atoms with E-state index in [-0.39, 0.29) is 23.0 Å². The lowest BCUT2D eigenvalue weighted by Gasteiger charge is -2.37. The number of carboxylic acid groups (broad SMARTS) is 1. The van der Waals surface area contributed by atoms with E-state index in [1.807, 2.05) is 4.90 Å². The molecule has 0 aliphatic carbocycles. The average Bonchev–Trinajstić information content (AvgIpc) is 2.47. The fourth-order valence-electron chi connectivity index (χ4n) is 3.08. The number of nitro groups is 1. The van der Waals surface area contributed by atoms with Crippen LogP contribution in [0.25, 0.3) is 0 Å². The van der Waals surface area contributed by atoms with Crippen LogP contribution in [0.1, 0.15) is 49.4 Å². The van der Waals surface area contributed by atoms with Crippen LogP contribution >= 0.6 is 0 Å². The van der Waals surface area contributed by atoms with Crippen LogP contribution in [0.4, 0.5) is 11.4 Å². The highest BCUT2D eigenvalue weighted by Gasteiger charge is 2.31. The van der Waals surface area contributed by atoms with Crippen LogP contribution in [0.15, 0.2) is 18.2 Å². The molecule has 0 amide bonds. The molecule has 1 aromatic rings. The van der Waals surface area contributed by atoms with Crippen LogP contribution in [0, 0.1) is 10.1 Å². The molecule has 0 radical (unpaired) electrons. The van der Waals surface area contributed by atoms with Gasteiger partial charge in [0.2, 0.25) is 0 Å². The molecule has 1 aromatic carbocycles. The van der Waals surface area contributed by atoms with E-state index >= 15 is 0 Å². The number of hydrogen-bond donors (Lipinski definition) is 1. The largest absolute Gasteiger partial charge is 0.478 e. The summed E-state index contributed by atoms with van der Waals surface area (Å²) in [4.78, 5) is 24.2. The van der Waals surface area contributed by atoms with Crippen molar-refractivity contribution < 1.29 is 14.8 Å². The Balaban J connectivity index is 2.53. The summed E-state index contributed by atoms with van der Waals surface area (Å²) in [5.41, 5.74) is 0.179. The number of anilines is 1. The first-order chi connectivity index (χ1) is 10.1. The Bertz CT molecular complexity index is 510. The zero-order valence-electron chi connectivity index (χ0n) is 12.1. The van der Waals surface area contributed by atoms with Gasteiger partial charge in [-0.15, -0.1) is 0 Å². The molecule has 2 rings (SSSR count). The number of hydrogen-bond acceptors (Lipinski definition) is 4. The first-order valence-electron chi connectivity index (χ1n) is 7.33. The Morgan fingerprint density at radius 1 is 1.48 bits per heavy atom. The summed E-state index contributed by atoms with van der Waals surface area (Å²) in [5.74, 6) is -1.12. The minimum absolute atomic E-state index is 0.0206. The first kappa shape index (κ1) is 15.3. The molecule has 0 spiro atoms. The fourth-order valence-corrected chi connectivity index (χ4v) is 3.08. The molecule has 1 unspecified atom stereocenters. The molecule has 6 nitrogen and oxygen atoms in total. The third kappa shape index (κ3) is 3.15. The number of rotatable bonds is 5. The van der Waals surface area contributed by atoms with Crippen molar-refractivity contribution in [2.75, 3.05) is 11.4 Å². The number of benzene rings is 1. The highest BCUT2D eigenvalue weighted by atomic mass is 16.6. The summed E-state index contributed by atoms with van der Waals surface area (Å²) in [6, 6.07) is 4.45. The quantitative estimate of drug-likeness (QED) is 0.663. The van der Waals surface area contributed by atoms with Crippen LogP contribution in [-0.2, 0) is 0 Å². The van der Waals surface area contributed by atoms with Crippen molar-refractivity contribution in [2.45, 2.75) is 45.1 Å². The molecule has 0 bridgehead atoms. The van der Waals surface area contributed by atoms with Gasteiger partial charge in [0, 0.05) is 18.7 Å². The van der Waals surface area contributed by atoms with Gasteiger partial charge < -0.3 is 10.0 Å². The Morgan fingerprint density at radius 2 is 2.24 bits per heavy atom. The molecule has 1 N–H and O–H groups in total. The summed E-state index contributed by atoms with van der Waals surface area (Å²) in [5, 5.41) is 20.7. The maximum Gasteiger partial charge on any atom is 0.338 e. The maximum absolute atomic E-state index is 11.5. The molecule has 1 heterocycles. The standard InChI is InChI=1S/C15H20N2O4/c1-2-6-11-7-3-4-10-16(11)14-12(15(18)19)8-5-9-13(14)17(20)21/h5,8-9,11H,2-4,6-7,10H2,1H3,(H,18,19). The van der Waals surface area contributed by atoms with E-state index in [1.165, 1.54) is 18.2 Å². The SMILES string of the molecule is CCCC1CCCCN1c1c(C(=O)O)cccc1[N+](=O)[O-]. The van der Waals surface area contributed by atoms with Gasteiger partial charge in [0.15, 0.2) is 0 Å². The van der Waals surface area contributed by atoms with Crippen LogP contribution in [-0.4, -0.2) is 28.6 Å². The van der Waals surface area contributed by atoms with E-state index in [0.717, 1.165) is 32.1 Å². The highest BCUT2D eigenvalue weighted by Crippen LogP contribution is 2.37. The monoisotopic (exact) mass is 292 g/mol. The zero-order valence-corrected chi connectivity index (χ0v) is 12.1. The van der Waals surface area contributed by atoms with Gasteiger partial charge >= 0.3 is 5.97 Å². The second-order valence-corrected chi connectivity index (χ2v) is 5.37. The molecule has 0 saturated carbocycles. The van der Waals surface area contributed by atoms with E-state index < -0.39 is 10.9 Å². The molecular formula is C15H20N2O4. The summed E-state index contributed by atoms with van der Waals surface area (Å²) in [6.45, 7) is 2.75. The van der Waals surface area contributed by atoms with E-state index in [9.17, 15) is 20.0 Å². The van der Waals surface area contributed by atoms with Gasteiger partial charge in [-0.3, -0.25) is 10.1 Å². The smallest absolute Gasteiger partial charge is 0.338 e. The van der Waals surface area contributed by atoms with Crippen LogP contribution in [0.3, 0.4) is 0 Å². The van der Waals surface area contributed by atoms with Gasteiger partial charge in [0.25, 0.3) is 5.69 Å². The Morgan fingerprint density at radius 3 is 2.86 bits per heavy atom. The van der Waals surface area contributed by atoms with Crippen LogP contribution < -0.4 is 4.90 Å². The normalized spacial score (nSPS) is 18.5. The molecule has 1 aliphatic rings. The molecule has 21 heavy (non-hydrogen) atoms. The summed E-state index contributed by atoms with van der Waals surface area (Å²) in [7, 11) is 0. The Labute approximate surface area is 123 Å². The number of carbonyl (C=O) groups is 1. The third-order valence-corrected chi connectivity index (χ3v) is 3.98. The predicted molar refractivity (Wildman–Crippen MR) is 79.9 cm³/mol. The number of carboxylic acids is 1. The van der Waals surface area contributed by atoms with Gasteiger partial charge in [-0.2, -0.15) is 0 Å². The van der Waals surface area contributed by atoms with Crippen molar-refractivity contribution in [1.29, 1.82) is 0 Å². The van der Waals surface area contributed by atoms with Crippen molar-refractivity contribution in [3.05, 3.63) is 33.9 Å². The second kappa shape index (κ2) is 6.56. The van der Waals surface area contributed by atoms with Gasteiger partial charge in [-0.1, -0.05) is 19.4 Å². The van der Waals surface area contributed by atoms with Crippen molar-refractivity contribution in [2.24, 2.45) is 0 Å². The lowest BCUT2D eigenvalue weighted by Crippen LogP contribution is -2.40. The lowest BCUT2D eigenvalue weighted by atomic mass is 9.96. The van der Waals surface area contributed by atoms with E-state index in [4.69, 9.17) is 0 Å². The predicted octanol–water partition coefficient (Wildman–Crippen LogP) is 3.45. The van der Waals surface area contributed by atoms with E-state index in [1.54, 1.807) is 0 Å². The Kier molecular flexibility index (Phi) is 4.77. The molecule has 1 atom stereocenters. The molecular weight excluding hydrogens is 272 g/mol. The van der Waals surface area contributed by atoms with E-state index in [2.05, 4.69) is 6.92 Å². The molecule has 1 saturated heterocycles. The lowest BCUT2D eigenvalue weighted by molar-refractivity contribution is -0.384. The summed E-state index contributed by atoms with van der Waals surface area (Å²) < 4.78 is 0. The van der Waals surface area contributed by atoms with E-state index in [0.29, 0.717) is 6.54 Å². The third-order valence-electron chi connectivity index (χ3n) is 3.98. The fraction of sp³-hybridized carbons (Fsp3) is 0.533. The van der Waals surface area contributed by atoms with Gasteiger partial charge in [-0.05, 0) is 31.7 Å². The van der Waals surface area contributed by atoms with Crippen LogP contribution in [0.2, 0.25) is 0 Å². The minimum atomic E-state index is -1.12. The molecule has 1 aliphatic heterocycles. The average molecular weight is 292 g/mol. The maximum atomic E-state index is 11.5. The molecule has 114 valence electrons. The topological polar surface area (TPSA) is 83.7 Å². The van der Waals surface area contributed by atoms with Crippen molar-refractivity contribution in [3.8, 4) is 0 Å². The Hall–Kier alpha value is -2.11. The number of nitrogens with zero attached hydrogens (tertiary/aromatic N) is 2. The first-order valence-corrected chi connectivity index (χ1v) is 7.33. The number of nitro benzene ring substituents is 1. The highest BCUT2D eigenvalue weighted by molar-refractivity contribution is 5.97. The van der Waals surface area contributed by atoms with Crippen LogP contribution in [0.5, 0.6) is 0 Å². The molecule has 0 aromatic heterocycles.